The number of aliphatic hydroxyl groups is 1. The number of carbonyl (C=O) groups is 1. The van der Waals surface area contributed by atoms with Gasteiger partial charge in [-0.1, -0.05) is 0 Å². The molecule has 7 heteroatoms. The Morgan fingerprint density at radius 3 is 2.53 bits per heavy atom. The standard InChI is InChI=1S/C10H9F3N2O2/c11-10(12,13)6-1-2-8(14-4-6)15-5-7(16)3-9(15)17/h1-2,4,7,16H,3,5H2. The zero-order chi connectivity index (χ0) is 12.6. The van der Waals surface area contributed by atoms with E-state index >= 15 is 0 Å². The van der Waals surface area contributed by atoms with Gasteiger partial charge >= 0.3 is 6.18 Å². The van der Waals surface area contributed by atoms with Crippen LogP contribution in [0.15, 0.2) is 18.3 Å². The average molecular weight is 246 g/mol. The van der Waals surface area contributed by atoms with Crippen molar-refractivity contribution in [3.63, 3.8) is 0 Å². The molecule has 2 heterocycles. The van der Waals surface area contributed by atoms with Crippen LogP contribution in [0.4, 0.5) is 19.0 Å². The SMILES string of the molecule is O=C1CC(O)CN1c1ccc(C(F)(F)F)cn1. The Morgan fingerprint density at radius 2 is 2.12 bits per heavy atom. The minimum Gasteiger partial charge on any atom is -0.391 e. The maximum absolute atomic E-state index is 12.3. The van der Waals surface area contributed by atoms with Crippen LogP contribution < -0.4 is 4.90 Å². The second-order valence-corrected chi connectivity index (χ2v) is 3.77. The zero-order valence-corrected chi connectivity index (χ0v) is 8.61. The molecule has 0 saturated carbocycles. The Kier molecular flexibility index (Phi) is 2.78. The lowest BCUT2D eigenvalue weighted by Gasteiger charge is -2.15. The Labute approximate surface area is 94.7 Å². The number of hydrogen-bond acceptors (Lipinski definition) is 3. The number of carbonyl (C=O) groups excluding carboxylic acids is 1. The van der Waals surface area contributed by atoms with Gasteiger partial charge in [0.2, 0.25) is 5.91 Å². The van der Waals surface area contributed by atoms with Crippen LogP contribution >= 0.6 is 0 Å². The van der Waals surface area contributed by atoms with Crippen LogP contribution in [0.2, 0.25) is 0 Å². The maximum Gasteiger partial charge on any atom is 0.417 e. The fraction of sp³-hybridized carbons (Fsp3) is 0.400. The molecule has 0 aromatic carbocycles. The third-order valence-corrected chi connectivity index (χ3v) is 2.46. The molecule has 1 unspecified atom stereocenters. The molecule has 1 aromatic heterocycles. The molecule has 1 fully saturated rings. The van der Waals surface area contributed by atoms with Gasteiger partial charge in [0.05, 0.1) is 24.6 Å². The number of aromatic nitrogens is 1. The van der Waals surface area contributed by atoms with E-state index in [1.807, 2.05) is 0 Å². The summed E-state index contributed by atoms with van der Waals surface area (Å²) in [6.07, 6.45) is -4.58. The smallest absolute Gasteiger partial charge is 0.391 e. The van der Waals surface area contributed by atoms with Crippen LogP contribution in [0, 0.1) is 0 Å². The number of alkyl halides is 3. The molecule has 1 amide bonds. The lowest BCUT2D eigenvalue weighted by atomic mass is 10.3. The Hall–Kier alpha value is -1.63. The van der Waals surface area contributed by atoms with E-state index in [2.05, 4.69) is 4.98 Å². The van der Waals surface area contributed by atoms with E-state index in [0.717, 1.165) is 12.1 Å². The van der Waals surface area contributed by atoms with Gasteiger partial charge in [-0.3, -0.25) is 9.69 Å². The summed E-state index contributed by atoms with van der Waals surface area (Å²) in [5.74, 6) is -0.218. The first kappa shape index (κ1) is 11.8. The quantitative estimate of drug-likeness (QED) is 0.810. The highest BCUT2D eigenvalue weighted by Crippen LogP contribution is 2.30. The minimum absolute atomic E-state index is 0.0251. The normalized spacial score (nSPS) is 21.1. The molecule has 17 heavy (non-hydrogen) atoms. The van der Waals surface area contributed by atoms with Crippen molar-refractivity contribution in [2.45, 2.75) is 18.7 Å². The summed E-state index contributed by atoms with van der Waals surface area (Å²) in [5.41, 5.74) is -0.867. The van der Waals surface area contributed by atoms with Crippen LogP contribution in [0.1, 0.15) is 12.0 Å². The van der Waals surface area contributed by atoms with Gasteiger partial charge in [-0.2, -0.15) is 13.2 Å². The number of amides is 1. The molecule has 0 bridgehead atoms. The summed E-state index contributed by atoms with van der Waals surface area (Å²) in [6, 6.07) is 1.99. The number of pyridine rings is 1. The summed E-state index contributed by atoms with van der Waals surface area (Å²) < 4.78 is 36.8. The van der Waals surface area contributed by atoms with Crippen LogP contribution in [0.5, 0.6) is 0 Å². The molecule has 2 rings (SSSR count). The predicted molar refractivity (Wildman–Crippen MR) is 52.2 cm³/mol. The third kappa shape index (κ3) is 2.38. The van der Waals surface area contributed by atoms with Crippen molar-refractivity contribution in [1.29, 1.82) is 0 Å². The largest absolute Gasteiger partial charge is 0.417 e. The van der Waals surface area contributed by atoms with E-state index in [0.29, 0.717) is 6.20 Å². The number of β-amino-alcohol motifs (C(OH)–C–C–N with tert-alkyl or cyclic N) is 1. The van der Waals surface area contributed by atoms with Crippen LogP contribution in [-0.2, 0) is 11.0 Å². The van der Waals surface area contributed by atoms with E-state index in [9.17, 15) is 23.1 Å². The molecule has 1 aliphatic heterocycles. The van der Waals surface area contributed by atoms with Gasteiger partial charge in [0.25, 0.3) is 0 Å². The van der Waals surface area contributed by atoms with Crippen LogP contribution in [0.25, 0.3) is 0 Å². The molecule has 0 aliphatic carbocycles. The molecule has 0 spiro atoms. The number of nitrogens with zero attached hydrogens (tertiary/aromatic N) is 2. The minimum atomic E-state index is -4.44. The van der Waals surface area contributed by atoms with Crippen molar-refractivity contribution in [3.8, 4) is 0 Å². The Morgan fingerprint density at radius 1 is 1.41 bits per heavy atom. The lowest BCUT2D eigenvalue weighted by Crippen LogP contribution is -2.26. The topological polar surface area (TPSA) is 53.4 Å². The van der Waals surface area contributed by atoms with Crippen molar-refractivity contribution in [2.75, 3.05) is 11.4 Å². The first-order chi connectivity index (χ1) is 7.88. The van der Waals surface area contributed by atoms with Gasteiger partial charge in [-0.15, -0.1) is 0 Å². The van der Waals surface area contributed by atoms with Crippen molar-refractivity contribution in [2.24, 2.45) is 0 Å². The second-order valence-electron chi connectivity index (χ2n) is 3.77. The third-order valence-electron chi connectivity index (χ3n) is 2.46. The van der Waals surface area contributed by atoms with Crippen LogP contribution in [0.3, 0.4) is 0 Å². The molecule has 1 atom stereocenters. The summed E-state index contributed by atoms with van der Waals surface area (Å²) in [4.78, 5) is 16.1. The molecule has 1 N–H and O–H groups in total. The van der Waals surface area contributed by atoms with Gasteiger partial charge in [-0.25, -0.2) is 4.98 Å². The van der Waals surface area contributed by atoms with E-state index in [4.69, 9.17) is 0 Å². The molecule has 4 nitrogen and oxygen atoms in total. The molecular formula is C10H9F3N2O2. The monoisotopic (exact) mass is 246 g/mol. The number of aliphatic hydroxyl groups excluding tert-OH is 1. The highest BCUT2D eigenvalue weighted by molar-refractivity contribution is 5.95. The predicted octanol–water partition coefficient (Wildman–Crippen LogP) is 1.20. The zero-order valence-electron chi connectivity index (χ0n) is 8.61. The molecule has 92 valence electrons. The van der Waals surface area contributed by atoms with E-state index in [1.165, 1.54) is 4.90 Å². The van der Waals surface area contributed by atoms with Gasteiger partial charge in [0, 0.05) is 6.20 Å². The van der Waals surface area contributed by atoms with Crippen molar-refractivity contribution < 1.29 is 23.1 Å². The first-order valence-electron chi connectivity index (χ1n) is 4.89. The Balaban J connectivity index is 2.22. The van der Waals surface area contributed by atoms with Gasteiger partial charge in [0.1, 0.15) is 5.82 Å². The van der Waals surface area contributed by atoms with Crippen molar-refractivity contribution >= 4 is 11.7 Å². The van der Waals surface area contributed by atoms with Gasteiger partial charge < -0.3 is 5.11 Å². The fourth-order valence-corrected chi connectivity index (χ4v) is 1.62. The molecule has 1 saturated heterocycles. The molecule has 1 aromatic rings. The summed E-state index contributed by atoms with van der Waals surface area (Å²) in [7, 11) is 0. The average Bonchev–Trinajstić information content (AvgIpc) is 2.57. The van der Waals surface area contributed by atoms with Gasteiger partial charge in [-0.05, 0) is 12.1 Å². The number of rotatable bonds is 1. The van der Waals surface area contributed by atoms with E-state index < -0.39 is 17.8 Å². The Bertz CT molecular complexity index is 430. The van der Waals surface area contributed by atoms with E-state index in [-0.39, 0.29) is 24.7 Å². The highest BCUT2D eigenvalue weighted by atomic mass is 19.4. The van der Waals surface area contributed by atoms with Crippen LogP contribution in [-0.4, -0.2) is 28.6 Å². The fourth-order valence-electron chi connectivity index (χ4n) is 1.62. The van der Waals surface area contributed by atoms with E-state index in [1.54, 1.807) is 0 Å². The molecule has 1 aliphatic rings. The summed E-state index contributed by atoms with van der Waals surface area (Å²) >= 11 is 0. The number of halogens is 3. The summed E-state index contributed by atoms with van der Waals surface area (Å²) in [6.45, 7) is 0.0667. The number of anilines is 1. The second kappa shape index (κ2) is 3.99. The summed E-state index contributed by atoms with van der Waals surface area (Å²) in [5, 5.41) is 9.24. The lowest BCUT2D eigenvalue weighted by molar-refractivity contribution is -0.137. The van der Waals surface area contributed by atoms with Crippen molar-refractivity contribution in [3.05, 3.63) is 23.9 Å². The highest BCUT2D eigenvalue weighted by Gasteiger charge is 2.33. The van der Waals surface area contributed by atoms with Crippen molar-refractivity contribution in [1.82, 2.24) is 4.98 Å². The first-order valence-corrected chi connectivity index (χ1v) is 4.89. The molecule has 0 radical (unpaired) electrons. The maximum atomic E-state index is 12.3. The number of hydrogen-bond donors (Lipinski definition) is 1. The molecular weight excluding hydrogens is 237 g/mol. The van der Waals surface area contributed by atoms with Gasteiger partial charge in [0.15, 0.2) is 0 Å².